The molecular weight excluding hydrogens is 266 g/mol. The van der Waals surface area contributed by atoms with Crippen LogP contribution in [0.5, 0.6) is 11.5 Å². The van der Waals surface area contributed by atoms with Crippen molar-refractivity contribution in [3.8, 4) is 11.5 Å². The Morgan fingerprint density at radius 2 is 1.90 bits per heavy atom. The molecule has 1 fully saturated rings. The average Bonchev–Trinajstić information content (AvgIpc) is 2.55. The first-order chi connectivity index (χ1) is 10.2. The van der Waals surface area contributed by atoms with E-state index in [4.69, 9.17) is 9.47 Å². The fourth-order valence-electron chi connectivity index (χ4n) is 2.95. The molecule has 0 atom stereocenters. The van der Waals surface area contributed by atoms with Crippen LogP contribution in [0.2, 0.25) is 0 Å². The molecule has 0 bridgehead atoms. The minimum absolute atomic E-state index is 0.343. The number of hydrogen-bond acceptors (Lipinski definition) is 4. The zero-order valence-electron chi connectivity index (χ0n) is 13.1. The molecule has 2 rings (SSSR count). The number of rotatable bonds is 7. The van der Waals surface area contributed by atoms with Crippen LogP contribution in [-0.4, -0.2) is 50.0 Å². The molecule has 1 N–H and O–H groups in total. The quantitative estimate of drug-likeness (QED) is 0.839. The molecule has 21 heavy (non-hydrogen) atoms. The standard InChI is InChI=1S/C17H27NO3/c1-18(15-8-6-14(13-19)7-9-15)10-11-21-17-5-3-4-16(12-17)20-2/h3-5,12,14-15,19H,6-11,13H2,1-2H3. The van der Waals surface area contributed by atoms with Crippen LogP contribution >= 0.6 is 0 Å². The van der Waals surface area contributed by atoms with E-state index in [9.17, 15) is 5.11 Å². The van der Waals surface area contributed by atoms with E-state index in [2.05, 4.69) is 11.9 Å². The summed E-state index contributed by atoms with van der Waals surface area (Å²) in [6, 6.07) is 8.34. The molecule has 1 saturated carbocycles. The van der Waals surface area contributed by atoms with E-state index in [0.717, 1.165) is 30.9 Å². The molecule has 0 spiro atoms. The van der Waals surface area contributed by atoms with Gasteiger partial charge in [0.1, 0.15) is 18.1 Å². The second-order valence-corrected chi connectivity index (χ2v) is 5.87. The second kappa shape index (κ2) is 8.25. The molecule has 118 valence electrons. The number of hydrogen-bond donors (Lipinski definition) is 1. The topological polar surface area (TPSA) is 41.9 Å². The zero-order valence-corrected chi connectivity index (χ0v) is 13.1. The van der Waals surface area contributed by atoms with Crippen LogP contribution in [0.25, 0.3) is 0 Å². The van der Waals surface area contributed by atoms with Gasteiger partial charge in [0.15, 0.2) is 0 Å². The summed E-state index contributed by atoms with van der Waals surface area (Å²) in [7, 11) is 3.83. The summed E-state index contributed by atoms with van der Waals surface area (Å²) in [5.41, 5.74) is 0. The maximum atomic E-state index is 9.18. The summed E-state index contributed by atoms with van der Waals surface area (Å²) in [5.74, 6) is 2.19. The second-order valence-electron chi connectivity index (χ2n) is 5.87. The van der Waals surface area contributed by atoms with Crippen LogP contribution in [-0.2, 0) is 0 Å². The molecule has 0 heterocycles. The highest BCUT2D eigenvalue weighted by Crippen LogP contribution is 2.26. The van der Waals surface area contributed by atoms with E-state index in [-0.39, 0.29) is 0 Å². The van der Waals surface area contributed by atoms with Gasteiger partial charge in [-0.3, -0.25) is 0 Å². The first-order valence-corrected chi connectivity index (χ1v) is 7.81. The van der Waals surface area contributed by atoms with Gasteiger partial charge in [-0.1, -0.05) is 6.07 Å². The molecule has 4 nitrogen and oxygen atoms in total. The SMILES string of the molecule is COc1cccc(OCCN(C)C2CCC(CO)CC2)c1. The van der Waals surface area contributed by atoms with Crippen molar-refractivity contribution in [3.05, 3.63) is 24.3 Å². The lowest BCUT2D eigenvalue weighted by atomic mass is 9.86. The molecule has 0 aliphatic heterocycles. The van der Waals surface area contributed by atoms with Gasteiger partial charge in [-0.05, 0) is 50.8 Å². The van der Waals surface area contributed by atoms with Crippen molar-refractivity contribution < 1.29 is 14.6 Å². The fourth-order valence-corrected chi connectivity index (χ4v) is 2.95. The number of aliphatic hydroxyl groups excluding tert-OH is 1. The summed E-state index contributed by atoms with van der Waals surface area (Å²) < 4.78 is 11.0. The molecule has 1 aromatic rings. The number of aliphatic hydroxyl groups is 1. The summed E-state index contributed by atoms with van der Waals surface area (Å²) in [6.07, 6.45) is 4.65. The normalized spacial score (nSPS) is 22.3. The molecule has 0 saturated heterocycles. The van der Waals surface area contributed by atoms with Crippen molar-refractivity contribution in [2.75, 3.05) is 33.9 Å². The number of nitrogens with zero attached hydrogens (tertiary/aromatic N) is 1. The highest BCUT2D eigenvalue weighted by atomic mass is 16.5. The third-order valence-electron chi connectivity index (χ3n) is 4.45. The summed E-state index contributed by atoms with van der Waals surface area (Å²) in [4.78, 5) is 2.38. The maximum absolute atomic E-state index is 9.18. The van der Waals surface area contributed by atoms with Crippen LogP contribution in [0.1, 0.15) is 25.7 Å². The first-order valence-electron chi connectivity index (χ1n) is 7.81. The van der Waals surface area contributed by atoms with Gasteiger partial charge in [0, 0.05) is 25.3 Å². The Morgan fingerprint density at radius 3 is 2.57 bits per heavy atom. The Kier molecular flexibility index (Phi) is 6.33. The zero-order chi connectivity index (χ0) is 15.1. The monoisotopic (exact) mass is 293 g/mol. The molecule has 1 aromatic carbocycles. The van der Waals surface area contributed by atoms with Crippen molar-refractivity contribution >= 4 is 0 Å². The van der Waals surface area contributed by atoms with E-state index in [1.165, 1.54) is 12.8 Å². The van der Waals surface area contributed by atoms with Crippen LogP contribution in [0, 0.1) is 5.92 Å². The van der Waals surface area contributed by atoms with Crippen molar-refractivity contribution in [2.24, 2.45) is 5.92 Å². The predicted molar refractivity (Wildman–Crippen MR) is 84.0 cm³/mol. The number of ether oxygens (including phenoxy) is 2. The van der Waals surface area contributed by atoms with Crippen LogP contribution in [0.3, 0.4) is 0 Å². The number of methoxy groups -OCH3 is 1. The van der Waals surface area contributed by atoms with E-state index in [0.29, 0.717) is 25.2 Å². The van der Waals surface area contributed by atoms with Gasteiger partial charge in [-0.2, -0.15) is 0 Å². The lowest BCUT2D eigenvalue weighted by molar-refractivity contribution is 0.116. The molecular formula is C17H27NO3. The summed E-state index contributed by atoms with van der Waals surface area (Å²) in [6.45, 7) is 1.95. The van der Waals surface area contributed by atoms with E-state index < -0.39 is 0 Å². The molecule has 0 amide bonds. The minimum atomic E-state index is 0.343. The van der Waals surface area contributed by atoms with Gasteiger partial charge in [-0.15, -0.1) is 0 Å². The fraction of sp³-hybridized carbons (Fsp3) is 0.647. The Balaban J connectivity index is 1.70. The first kappa shape index (κ1) is 16.1. The van der Waals surface area contributed by atoms with Gasteiger partial charge in [0.25, 0.3) is 0 Å². The third kappa shape index (κ3) is 4.90. The Hall–Kier alpha value is -1.26. The van der Waals surface area contributed by atoms with Crippen molar-refractivity contribution in [2.45, 2.75) is 31.7 Å². The lowest BCUT2D eigenvalue weighted by Gasteiger charge is -2.34. The summed E-state index contributed by atoms with van der Waals surface area (Å²) >= 11 is 0. The molecule has 4 heteroatoms. The maximum Gasteiger partial charge on any atom is 0.123 e. The minimum Gasteiger partial charge on any atom is -0.497 e. The van der Waals surface area contributed by atoms with Crippen LogP contribution in [0.4, 0.5) is 0 Å². The van der Waals surface area contributed by atoms with Gasteiger partial charge in [0.05, 0.1) is 7.11 Å². The molecule has 0 aromatic heterocycles. The van der Waals surface area contributed by atoms with E-state index in [1.807, 2.05) is 24.3 Å². The molecule has 1 aliphatic carbocycles. The highest BCUT2D eigenvalue weighted by molar-refractivity contribution is 5.32. The van der Waals surface area contributed by atoms with E-state index >= 15 is 0 Å². The van der Waals surface area contributed by atoms with E-state index in [1.54, 1.807) is 7.11 Å². The molecule has 0 unspecified atom stereocenters. The van der Waals surface area contributed by atoms with Crippen molar-refractivity contribution in [1.82, 2.24) is 4.90 Å². The highest BCUT2D eigenvalue weighted by Gasteiger charge is 2.23. The Morgan fingerprint density at radius 1 is 1.19 bits per heavy atom. The lowest BCUT2D eigenvalue weighted by Crippen LogP contribution is -2.38. The Labute approximate surface area is 127 Å². The third-order valence-corrected chi connectivity index (χ3v) is 4.45. The van der Waals surface area contributed by atoms with Crippen molar-refractivity contribution in [3.63, 3.8) is 0 Å². The van der Waals surface area contributed by atoms with Gasteiger partial charge >= 0.3 is 0 Å². The predicted octanol–water partition coefficient (Wildman–Crippen LogP) is 2.56. The average molecular weight is 293 g/mol. The largest absolute Gasteiger partial charge is 0.497 e. The molecule has 0 radical (unpaired) electrons. The van der Waals surface area contributed by atoms with Gasteiger partial charge < -0.3 is 19.5 Å². The van der Waals surface area contributed by atoms with Crippen LogP contribution in [0.15, 0.2) is 24.3 Å². The summed E-state index contributed by atoms with van der Waals surface area (Å²) in [5, 5.41) is 9.18. The molecule has 1 aliphatic rings. The van der Waals surface area contributed by atoms with Gasteiger partial charge in [-0.25, -0.2) is 0 Å². The van der Waals surface area contributed by atoms with Crippen molar-refractivity contribution in [1.29, 1.82) is 0 Å². The number of likely N-dealkylation sites (N-methyl/N-ethyl adjacent to an activating group) is 1. The smallest absolute Gasteiger partial charge is 0.123 e. The van der Waals surface area contributed by atoms with Crippen LogP contribution < -0.4 is 9.47 Å². The number of benzene rings is 1. The van der Waals surface area contributed by atoms with Gasteiger partial charge in [0.2, 0.25) is 0 Å². The Bertz CT molecular complexity index is 416.